The number of hydrogen-bond acceptors (Lipinski definition) is 3. The number of aryl methyl sites for hydroxylation is 1. The maximum atomic E-state index is 12.1. The predicted molar refractivity (Wildman–Crippen MR) is 125 cm³/mol. The third-order valence-electron chi connectivity index (χ3n) is 4.76. The molecule has 174 valence electrons. The van der Waals surface area contributed by atoms with Crippen molar-refractivity contribution in [1.82, 2.24) is 0 Å². The molecule has 0 aromatic heterocycles. The van der Waals surface area contributed by atoms with Crippen LogP contribution in [0, 0.1) is 12.8 Å². The van der Waals surface area contributed by atoms with Gasteiger partial charge in [0.25, 0.3) is 0 Å². The van der Waals surface area contributed by atoms with Crippen molar-refractivity contribution in [3.63, 3.8) is 0 Å². The van der Waals surface area contributed by atoms with Crippen LogP contribution in [-0.4, -0.2) is 17.1 Å². The zero-order valence-electron chi connectivity index (χ0n) is 19.1. The molecule has 0 aliphatic carbocycles. The number of carbonyl (C=O) groups excluding carboxylic acids is 1. The van der Waals surface area contributed by atoms with Gasteiger partial charge >= 0.3 is 6.18 Å². The lowest BCUT2D eigenvalue weighted by Crippen LogP contribution is -2.22. The maximum absolute atomic E-state index is 12.1. The number of rotatable bonds is 6. The summed E-state index contributed by atoms with van der Waals surface area (Å²) in [6, 6.07) is 13.0. The van der Waals surface area contributed by atoms with Crippen LogP contribution in [0.4, 0.5) is 13.2 Å². The van der Waals surface area contributed by atoms with Crippen LogP contribution < -0.4 is 0 Å². The van der Waals surface area contributed by atoms with Crippen molar-refractivity contribution in [1.29, 1.82) is 0 Å². The quantitative estimate of drug-likeness (QED) is 0.339. The molecule has 2 aromatic carbocycles. The number of ketones is 1. The highest BCUT2D eigenvalue weighted by molar-refractivity contribution is 7.80. The number of aromatic hydroxyl groups is 1. The zero-order chi connectivity index (χ0) is 24.0. The Hall–Kier alpha value is -1.95. The first-order chi connectivity index (χ1) is 14.5. The Morgan fingerprint density at radius 2 is 1.58 bits per heavy atom. The number of alkyl halides is 3. The standard InChI is InChI=1S/C10H12O.C8H15F3.C7H8OS/c1-3-9-5-4-6-10(7-9)8(2)11;1-3-5-7(6-4-2)8(9,10)11;1-5-6(8)3-2-4-7(5)9/h4-7H,3H2,1-2H3;7H,3-6H2,1-2H3;2-4,8-9H,1H3. The molecule has 2 rings (SSSR count). The van der Waals surface area contributed by atoms with Crippen LogP contribution in [0.1, 0.15) is 74.9 Å². The van der Waals surface area contributed by atoms with Crippen LogP contribution >= 0.6 is 12.6 Å². The summed E-state index contributed by atoms with van der Waals surface area (Å²) in [5.74, 6) is -0.625. The van der Waals surface area contributed by atoms with Gasteiger partial charge in [-0.1, -0.05) is 57.9 Å². The molecule has 6 heteroatoms. The average Bonchev–Trinajstić information content (AvgIpc) is 2.72. The number of phenolic OH excluding ortho intramolecular Hbond substituents is 1. The van der Waals surface area contributed by atoms with E-state index in [1.807, 2.05) is 37.3 Å². The molecule has 0 saturated heterocycles. The summed E-state index contributed by atoms with van der Waals surface area (Å²) in [5, 5.41) is 9.05. The summed E-state index contributed by atoms with van der Waals surface area (Å²) in [7, 11) is 0. The second-order valence-electron chi connectivity index (χ2n) is 7.35. The van der Waals surface area contributed by atoms with Gasteiger partial charge in [0.2, 0.25) is 0 Å². The van der Waals surface area contributed by atoms with Gasteiger partial charge in [-0.15, -0.1) is 12.6 Å². The Balaban J connectivity index is 0.000000438. The minimum absolute atomic E-state index is 0.139. The third kappa shape index (κ3) is 11.9. The fraction of sp³-hybridized carbons (Fsp3) is 0.480. The van der Waals surface area contributed by atoms with E-state index in [4.69, 9.17) is 5.11 Å². The minimum Gasteiger partial charge on any atom is -0.508 e. The van der Waals surface area contributed by atoms with Crippen LogP contribution in [0.25, 0.3) is 0 Å². The molecular formula is C25H35F3O2S. The summed E-state index contributed by atoms with van der Waals surface area (Å²) in [5.41, 5.74) is 2.86. The zero-order valence-corrected chi connectivity index (χ0v) is 20.0. The summed E-state index contributed by atoms with van der Waals surface area (Å²) in [4.78, 5) is 11.7. The molecule has 0 saturated carbocycles. The predicted octanol–water partition coefficient (Wildman–Crippen LogP) is 8.21. The molecule has 31 heavy (non-hydrogen) atoms. The number of Topliss-reactive ketones (excluding diaryl/α,β-unsaturated/α-hetero) is 1. The van der Waals surface area contributed by atoms with Crippen molar-refractivity contribution < 1.29 is 23.1 Å². The van der Waals surface area contributed by atoms with Crippen molar-refractivity contribution in [3.8, 4) is 5.75 Å². The van der Waals surface area contributed by atoms with E-state index < -0.39 is 12.1 Å². The first kappa shape index (κ1) is 29.1. The van der Waals surface area contributed by atoms with Crippen molar-refractivity contribution in [3.05, 3.63) is 59.2 Å². The number of thiol groups is 1. The Kier molecular flexibility index (Phi) is 14.0. The normalized spacial score (nSPS) is 10.6. The summed E-state index contributed by atoms with van der Waals surface area (Å²) in [6.07, 6.45) is -1.21. The highest BCUT2D eigenvalue weighted by atomic mass is 32.1. The van der Waals surface area contributed by atoms with Gasteiger partial charge in [0, 0.05) is 16.0 Å². The van der Waals surface area contributed by atoms with Gasteiger partial charge in [-0.25, -0.2) is 0 Å². The summed E-state index contributed by atoms with van der Waals surface area (Å²) in [6.45, 7) is 9.08. The van der Waals surface area contributed by atoms with Crippen LogP contribution in [0.2, 0.25) is 0 Å². The second-order valence-corrected chi connectivity index (χ2v) is 7.83. The van der Waals surface area contributed by atoms with Gasteiger partial charge < -0.3 is 5.11 Å². The van der Waals surface area contributed by atoms with E-state index in [0.29, 0.717) is 18.6 Å². The van der Waals surface area contributed by atoms with Gasteiger partial charge in [0.15, 0.2) is 5.78 Å². The third-order valence-corrected chi connectivity index (χ3v) is 5.24. The summed E-state index contributed by atoms with van der Waals surface area (Å²) < 4.78 is 36.3. The Bertz CT molecular complexity index is 762. The molecule has 0 heterocycles. The van der Waals surface area contributed by atoms with Crippen LogP contribution in [0.15, 0.2) is 47.4 Å². The molecule has 1 N–H and O–H groups in total. The molecule has 0 bridgehead atoms. The van der Waals surface area contributed by atoms with E-state index in [0.717, 1.165) is 22.4 Å². The second kappa shape index (κ2) is 15.0. The largest absolute Gasteiger partial charge is 0.508 e. The highest BCUT2D eigenvalue weighted by Crippen LogP contribution is 2.32. The van der Waals surface area contributed by atoms with Crippen LogP contribution in [0.5, 0.6) is 5.75 Å². The molecule has 2 aromatic rings. The molecule has 2 nitrogen and oxygen atoms in total. The summed E-state index contributed by atoms with van der Waals surface area (Å²) >= 11 is 4.11. The molecule has 0 spiro atoms. The molecule has 0 unspecified atom stereocenters. The van der Waals surface area contributed by atoms with Gasteiger partial charge in [-0.2, -0.15) is 13.2 Å². The van der Waals surface area contributed by atoms with Gasteiger partial charge in [-0.3, -0.25) is 4.79 Å². The van der Waals surface area contributed by atoms with Gasteiger partial charge in [-0.05, 0) is 56.9 Å². The van der Waals surface area contributed by atoms with E-state index in [1.165, 1.54) is 5.56 Å². The van der Waals surface area contributed by atoms with Crippen molar-refractivity contribution in [2.24, 2.45) is 5.92 Å². The van der Waals surface area contributed by atoms with Gasteiger partial charge in [0.1, 0.15) is 5.75 Å². The first-order valence-corrected chi connectivity index (χ1v) is 11.1. The number of carbonyl (C=O) groups is 1. The molecule has 0 radical (unpaired) electrons. The average molecular weight is 457 g/mol. The lowest BCUT2D eigenvalue weighted by molar-refractivity contribution is -0.178. The molecule has 0 aliphatic rings. The molecule has 0 fully saturated rings. The molecule has 0 atom stereocenters. The first-order valence-electron chi connectivity index (χ1n) is 10.6. The Morgan fingerprint density at radius 1 is 1.03 bits per heavy atom. The maximum Gasteiger partial charge on any atom is 0.391 e. The van der Waals surface area contributed by atoms with E-state index in [2.05, 4.69) is 19.6 Å². The lowest BCUT2D eigenvalue weighted by Gasteiger charge is -2.18. The molecule has 0 amide bonds. The van der Waals surface area contributed by atoms with Crippen LogP contribution in [0.3, 0.4) is 0 Å². The number of halogens is 3. The van der Waals surface area contributed by atoms with E-state index in [-0.39, 0.29) is 18.6 Å². The fourth-order valence-corrected chi connectivity index (χ4v) is 2.99. The van der Waals surface area contributed by atoms with Crippen molar-refractivity contribution in [2.75, 3.05) is 0 Å². The smallest absolute Gasteiger partial charge is 0.391 e. The highest BCUT2D eigenvalue weighted by Gasteiger charge is 2.37. The number of benzene rings is 2. The van der Waals surface area contributed by atoms with E-state index in [9.17, 15) is 18.0 Å². The monoisotopic (exact) mass is 456 g/mol. The number of phenols is 1. The Labute approximate surface area is 190 Å². The minimum atomic E-state index is -3.98. The molecule has 0 aliphatic heterocycles. The molecular weight excluding hydrogens is 421 g/mol. The van der Waals surface area contributed by atoms with Crippen molar-refractivity contribution >= 4 is 18.4 Å². The topological polar surface area (TPSA) is 37.3 Å². The van der Waals surface area contributed by atoms with Crippen LogP contribution in [-0.2, 0) is 6.42 Å². The van der Waals surface area contributed by atoms with Crippen molar-refractivity contribution in [2.45, 2.75) is 77.8 Å². The Morgan fingerprint density at radius 3 is 1.97 bits per heavy atom. The van der Waals surface area contributed by atoms with E-state index >= 15 is 0 Å². The lowest BCUT2D eigenvalue weighted by atomic mass is 9.98. The fourth-order valence-electron chi connectivity index (χ4n) is 2.79. The number of hydrogen-bond donors (Lipinski definition) is 2. The van der Waals surface area contributed by atoms with Gasteiger partial charge in [0.05, 0.1) is 5.92 Å². The van der Waals surface area contributed by atoms with E-state index in [1.54, 1.807) is 32.9 Å². The SMILES string of the molecule is CCCC(CCC)C(F)(F)F.CCc1cccc(C(C)=O)c1.Cc1c(O)cccc1S.